The Kier molecular flexibility index (Phi) is 5.83. The molecule has 1 aliphatic rings. The van der Waals surface area contributed by atoms with Crippen LogP contribution in [0, 0.1) is 0 Å². The maximum absolute atomic E-state index is 5.69. The molecule has 1 unspecified atom stereocenters. The molecule has 0 spiro atoms. The van der Waals surface area contributed by atoms with Gasteiger partial charge in [-0.3, -0.25) is 0 Å². The lowest BCUT2D eigenvalue weighted by atomic mass is 10.1. The first kappa shape index (κ1) is 14.5. The summed E-state index contributed by atoms with van der Waals surface area (Å²) >= 11 is 0. The first-order valence-electron chi connectivity index (χ1n) is 7.19. The zero-order valence-corrected chi connectivity index (χ0v) is 12.0. The number of hydrogen-bond acceptors (Lipinski definition) is 3. The SMILES string of the molecule is COCC(C)OCc1ccc(CCNC2CC2)cc1. The Morgan fingerprint density at radius 1 is 1.21 bits per heavy atom. The fourth-order valence-corrected chi connectivity index (χ4v) is 2.03. The van der Waals surface area contributed by atoms with Gasteiger partial charge in [-0.05, 0) is 43.9 Å². The normalized spacial score (nSPS) is 16.5. The molecule has 1 fully saturated rings. The minimum atomic E-state index is 0.146. The maximum Gasteiger partial charge on any atom is 0.0784 e. The van der Waals surface area contributed by atoms with Crippen molar-refractivity contribution < 1.29 is 9.47 Å². The number of rotatable bonds is 9. The molecule has 0 radical (unpaired) electrons. The van der Waals surface area contributed by atoms with Gasteiger partial charge < -0.3 is 14.8 Å². The van der Waals surface area contributed by atoms with Gasteiger partial charge in [-0.1, -0.05) is 24.3 Å². The molecule has 0 saturated heterocycles. The van der Waals surface area contributed by atoms with Gasteiger partial charge in [-0.2, -0.15) is 0 Å². The summed E-state index contributed by atoms with van der Waals surface area (Å²) in [5.41, 5.74) is 2.61. The topological polar surface area (TPSA) is 30.5 Å². The van der Waals surface area contributed by atoms with E-state index in [1.54, 1.807) is 7.11 Å². The van der Waals surface area contributed by atoms with Crippen LogP contribution in [-0.4, -0.2) is 32.4 Å². The van der Waals surface area contributed by atoms with Crippen LogP contribution in [0.3, 0.4) is 0 Å². The quantitative estimate of drug-likeness (QED) is 0.742. The summed E-state index contributed by atoms with van der Waals surface area (Å²) in [5.74, 6) is 0. The molecule has 0 aliphatic heterocycles. The highest BCUT2D eigenvalue weighted by Crippen LogP contribution is 2.18. The van der Waals surface area contributed by atoms with Gasteiger partial charge in [0.2, 0.25) is 0 Å². The molecular formula is C16H25NO2. The van der Waals surface area contributed by atoms with Crippen molar-refractivity contribution in [3.63, 3.8) is 0 Å². The summed E-state index contributed by atoms with van der Waals surface area (Å²) in [5, 5.41) is 3.54. The van der Waals surface area contributed by atoms with E-state index in [2.05, 4.69) is 29.6 Å². The standard InChI is InChI=1S/C16H25NO2/c1-13(11-18-2)19-12-15-5-3-14(4-6-15)9-10-17-16-7-8-16/h3-6,13,16-17H,7-12H2,1-2H3. The summed E-state index contributed by atoms with van der Waals surface area (Å²) in [4.78, 5) is 0. The monoisotopic (exact) mass is 263 g/mol. The minimum Gasteiger partial charge on any atom is -0.382 e. The molecule has 0 amide bonds. The molecular weight excluding hydrogens is 238 g/mol. The molecule has 1 saturated carbocycles. The van der Waals surface area contributed by atoms with E-state index in [1.165, 1.54) is 24.0 Å². The molecule has 1 aromatic carbocycles. The molecule has 3 nitrogen and oxygen atoms in total. The van der Waals surface area contributed by atoms with Crippen LogP contribution in [-0.2, 0) is 22.5 Å². The van der Waals surface area contributed by atoms with Crippen LogP contribution >= 0.6 is 0 Å². The molecule has 0 bridgehead atoms. The van der Waals surface area contributed by atoms with E-state index in [-0.39, 0.29) is 6.10 Å². The predicted molar refractivity (Wildman–Crippen MR) is 77.3 cm³/mol. The second-order valence-electron chi connectivity index (χ2n) is 5.37. The first-order chi connectivity index (χ1) is 9.28. The Hall–Kier alpha value is -0.900. The number of nitrogens with one attached hydrogen (secondary N) is 1. The van der Waals surface area contributed by atoms with Crippen molar-refractivity contribution in [3.05, 3.63) is 35.4 Å². The fraction of sp³-hybridized carbons (Fsp3) is 0.625. The Balaban J connectivity index is 1.67. The second-order valence-corrected chi connectivity index (χ2v) is 5.37. The molecule has 1 aliphatic carbocycles. The summed E-state index contributed by atoms with van der Waals surface area (Å²) in [6.45, 7) is 4.42. The molecule has 2 rings (SSSR count). The third kappa shape index (κ3) is 5.72. The second kappa shape index (κ2) is 7.63. The van der Waals surface area contributed by atoms with Gasteiger partial charge in [0.1, 0.15) is 0 Å². The van der Waals surface area contributed by atoms with Crippen molar-refractivity contribution in [1.82, 2.24) is 5.32 Å². The summed E-state index contributed by atoms with van der Waals surface area (Å²) in [6, 6.07) is 9.52. The highest BCUT2D eigenvalue weighted by atomic mass is 16.5. The first-order valence-corrected chi connectivity index (χ1v) is 7.19. The minimum absolute atomic E-state index is 0.146. The van der Waals surface area contributed by atoms with Gasteiger partial charge in [0.15, 0.2) is 0 Å². The van der Waals surface area contributed by atoms with Crippen LogP contribution in [0.2, 0.25) is 0 Å². The van der Waals surface area contributed by atoms with Crippen LogP contribution in [0.5, 0.6) is 0 Å². The van der Waals surface area contributed by atoms with Crippen molar-refractivity contribution in [2.24, 2.45) is 0 Å². The molecule has 19 heavy (non-hydrogen) atoms. The molecule has 1 N–H and O–H groups in total. The Bertz CT molecular complexity index is 360. The highest BCUT2D eigenvalue weighted by Gasteiger charge is 2.19. The largest absolute Gasteiger partial charge is 0.382 e. The lowest BCUT2D eigenvalue weighted by Crippen LogP contribution is -2.19. The molecule has 1 aromatic rings. The van der Waals surface area contributed by atoms with Crippen molar-refractivity contribution in [2.45, 2.75) is 44.9 Å². The van der Waals surface area contributed by atoms with E-state index in [4.69, 9.17) is 9.47 Å². The molecule has 0 heterocycles. The molecule has 106 valence electrons. The van der Waals surface area contributed by atoms with E-state index >= 15 is 0 Å². The summed E-state index contributed by atoms with van der Waals surface area (Å²) in [6.07, 6.45) is 3.97. The number of methoxy groups -OCH3 is 1. The lowest BCUT2D eigenvalue weighted by Gasteiger charge is -2.12. The van der Waals surface area contributed by atoms with E-state index in [0.29, 0.717) is 13.2 Å². The van der Waals surface area contributed by atoms with Crippen molar-refractivity contribution in [3.8, 4) is 0 Å². The van der Waals surface area contributed by atoms with Gasteiger partial charge in [0.25, 0.3) is 0 Å². The van der Waals surface area contributed by atoms with E-state index in [9.17, 15) is 0 Å². The van der Waals surface area contributed by atoms with Crippen LogP contribution in [0.1, 0.15) is 30.9 Å². The smallest absolute Gasteiger partial charge is 0.0784 e. The Labute approximate surface area is 116 Å². The third-order valence-electron chi connectivity index (χ3n) is 3.38. The van der Waals surface area contributed by atoms with Gasteiger partial charge >= 0.3 is 0 Å². The zero-order valence-electron chi connectivity index (χ0n) is 12.0. The fourth-order valence-electron chi connectivity index (χ4n) is 2.03. The van der Waals surface area contributed by atoms with Crippen LogP contribution in [0.15, 0.2) is 24.3 Å². The summed E-state index contributed by atoms with van der Waals surface area (Å²) in [7, 11) is 1.70. The van der Waals surface area contributed by atoms with E-state index in [1.807, 2.05) is 6.92 Å². The summed E-state index contributed by atoms with van der Waals surface area (Å²) < 4.78 is 10.7. The zero-order chi connectivity index (χ0) is 13.5. The van der Waals surface area contributed by atoms with Crippen molar-refractivity contribution in [1.29, 1.82) is 0 Å². The van der Waals surface area contributed by atoms with Crippen molar-refractivity contribution in [2.75, 3.05) is 20.3 Å². The van der Waals surface area contributed by atoms with E-state index in [0.717, 1.165) is 19.0 Å². The van der Waals surface area contributed by atoms with Gasteiger partial charge in [-0.25, -0.2) is 0 Å². The molecule has 0 aromatic heterocycles. The van der Waals surface area contributed by atoms with Crippen LogP contribution in [0.25, 0.3) is 0 Å². The van der Waals surface area contributed by atoms with Gasteiger partial charge in [0, 0.05) is 13.2 Å². The Morgan fingerprint density at radius 2 is 1.89 bits per heavy atom. The predicted octanol–water partition coefficient (Wildman–Crippen LogP) is 2.53. The van der Waals surface area contributed by atoms with Crippen LogP contribution < -0.4 is 5.32 Å². The average Bonchev–Trinajstić information content (AvgIpc) is 3.22. The van der Waals surface area contributed by atoms with Gasteiger partial charge in [-0.15, -0.1) is 0 Å². The van der Waals surface area contributed by atoms with Gasteiger partial charge in [0.05, 0.1) is 19.3 Å². The number of benzene rings is 1. The lowest BCUT2D eigenvalue weighted by molar-refractivity contribution is -0.000128. The molecule has 1 atom stereocenters. The average molecular weight is 263 g/mol. The third-order valence-corrected chi connectivity index (χ3v) is 3.38. The Morgan fingerprint density at radius 3 is 2.53 bits per heavy atom. The van der Waals surface area contributed by atoms with E-state index < -0.39 is 0 Å². The van der Waals surface area contributed by atoms with Crippen LogP contribution in [0.4, 0.5) is 0 Å². The molecule has 3 heteroatoms. The number of hydrogen-bond donors (Lipinski definition) is 1. The van der Waals surface area contributed by atoms with Crippen molar-refractivity contribution >= 4 is 0 Å². The number of ether oxygens (including phenoxy) is 2. The maximum atomic E-state index is 5.69. The highest BCUT2D eigenvalue weighted by molar-refractivity contribution is 5.22.